The standard InChI is InChI=1S/C27H31F3N8OS/c1-18-16-36(13-14-38(18)22(39)17-37-12-6-9-31-37)25-23(33-26(40-25)27(28,29)30)24-32-20-8-7-19(15-21(20)34(24)2)35-10-4-3-5-11-35/h6-9,12,15,18H,3-5,10-11,13-14,16-17H2,1-2H3/t18-/m1/s1. The van der Waals surface area contributed by atoms with E-state index in [1.807, 2.05) is 35.6 Å². The highest BCUT2D eigenvalue weighted by atomic mass is 32.1. The van der Waals surface area contributed by atoms with Crippen LogP contribution in [0.4, 0.5) is 23.9 Å². The number of alkyl halides is 3. The number of hydrogen-bond acceptors (Lipinski definition) is 7. The monoisotopic (exact) mass is 572 g/mol. The smallest absolute Gasteiger partial charge is 0.371 e. The van der Waals surface area contributed by atoms with E-state index in [9.17, 15) is 18.0 Å². The number of aryl methyl sites for hydroxylation is 1. The molecule has 212 valence electrons. The molecule has 0 N–H and O–H groups in total. The van der Waals surface area contributed by atoms with Crippen LogP contribution in [0.2, 0.25) is 0 Å². The molecule has 0 bridgehead atoms. The summed E-state index contributed by atoms with van der Waals surface area (Å²) < 4.78 is 45.1. The van der Waals surface area contributed by atoms with Crippen molar-refractivity contribution in [2.45, 2.75) is 44.9 Å². The van der Waals surface area contributed by atoms with Gasteiger partial charge < -0.3 is 19.3 Å². The summed E-state index contributed by atoms with van der Waals surface area (Å²) >= 11 is 0.638. The van der Waals surface area contributed by atoms with Crippen molar-refractivity contribution in [1.82, 2.24) is 29.2 Å². The first-order chi connectivity index (χ1) is 19.2. The summed E-state index contributed by atoms with van der Waals surface area (Å²) in [5, 5.41) is 3.63. The largest absolute Gasteiger partial charge is 0.443 e. The van der Waals surface area contributed by atoms with Crippen LogP contribution < -0.4 is 9.80 Å². The number of benzene rings is 1. The number of anilines is 2. The van der Waals surface area contributed by atoms with Gasteiger partial charge >= 0.3 is 6.18 Å². The van der Waals surface area contributed by atoms with Crippen LogP contribution in [0.5, 0.6) is 0 Å². The number of piperidine rings is 1. The van der Waals surface area contributed by atoms with Crippen LogP contribution in [0.25, 0.3) is 22.6 Å². The van der Waals surface area contributed by atoms with Gasteiger partial charge in [-0.2, -0.15) is 18.3 Å². The van der Waals surface area contributed by atoms with E-state index >= 15 is 0 Å². The zero-order valence-corrected chi connectivity index (χ0v) is 23.3. The third-order valence-corrected chi connectivity index (χ3v) is 8.90. The molecule has 0 aliphatic carbocycles. The SMILES string of the molecule is C[C@@H]1CN(c2sc(C(F)(F)F)nc2-c2nc3ccc(N4CCCCC4)cc3n2C)CCN1C(=O)Cn1cccn1. The van der Waals surface area contributed by atoms with Crippen molar-refractivity contribution in [3.63, 3.8) is 0 Å². The highest BCUT2D eigenvalue weighted by Crippen LogP contribution is 2.43. The molecule has 0 unspecified atom stereocenters. The van der Waals surface area contributed by atoms with Crippen LogP contribution in [0.15, 0.2) is 36.7 Å². The van der Waals surface area contributed by atoms with Gasteiger partial charge in [-0.25, -0.2) is 9.97 Å². The van der Waals surface area contributed by atoms with E-state index in [0.29, 0.717) is 47.3 Å². The summed E-state index contributed by atoms with van der Waals surface area (Å²) in [5.41, 5.74) is 2.89. The molecule has 5 heterocycles. The third-order valence-electron chi connectivity index (χ3n) is 7.74. The van der Waals surface area contributed by atoms with Crippen molar-refractivity contribution < 1.29 is 18.0 Å². The Labute approximate surface area is 233 Å². The summed E-state index contributed by atoms with van der Waals surface area (Å²) in [4.78, 5) is 27.8. The van der Waals surface area contributed by atoms with Gasteiger partial charge in [0.1, 0.15) is 17.2 Å². The fourth-order valence-electron chi connectivity index (χ4n) is 5.67. The maximum Gasteiger partial charge on any atom is 0.443 e. The number of imidazole rings is 1. The van der Waals surface area contributed by atoms with E-state index in [0.717, 1.165) is 37.1 Å². The Morgan fingerprint density at radius 1 is 1.07 bits per heavy atom. The molecular weight excluding hydrogens is 541 g/mol. The Morgan fingerprint density at radius 2 is 1.88 bits per heavy atom. The highest BCUT2D eigenvalue weighted by molar-refractivity contribution is 7.16. The zero-order chi connectivity index (χ0) is 28.0. The number of amides is 1. The van der Waals surface area contributed by atoms with Crippen molar-refractivity contribution in [2.75, 3.05) is 42.5 Å². The van der Waals surface area contributed by atoms with E-state index in [-0.39, 0.29) is 24.2 Å². The van der Waals surface area contributed by atoms with E-state index in [1.165, 1.54) is 6.42 Å². The molecule has 2 aliphatic rings. The first kappa shape index (κ1) is 26.6. The lowest BCUT2D eigenvalue weighted by atomic mass is 10.1. The molecule has 2 aliphatic heterocycles. The van der Waals surface area contributed by atoms with Crippen molar-refractivity contribution in [3.05, 3.63) is 41.7 Å². The van der Waals surface area contributed by atoms with Crippen LogP contribution >= 0.6 is 11.3 Å². The molecule has 1 atom stereocenters. The number of halogens is 3. The first-order valence-corrected chi connectivity index (χ1v) is 14.3. The summed E-state index contributed by atoms with van der Waals surface area (Å²) in [6, 6.07) is 7.60. The molecule has 4 aromatic rings. The van der Waals surface area contributed by atoms with Crippen molar-refractivity contribution in [2.24, 2.45) is 7.05 Å². The number of aromatic nitrogens is 5. The van der Waals surface area contributed by atoms with Crippen molar-refractivity contribution in [3.8, 4) is 11.5 Å². The molecule has 2 saturated heterocycles. The topological polar surface area (TPSA) is 75.3 Å². The fraction of sp³-hybridized carbons (Fsp3) is 0.481. The minimum atomic E-state index is -4.57. The molecule has 1 amide bonds. The summed E-state index contributed by atoms with van der Waals surface area (Å²) in [6.07, 6.45) is 2.31. The van der Waals surface area contributed by atoms with Crippen LogP contribution in [-0.2, 0) is 24.6 Å². The van der Waals surface area contributed by atoms with Gasteiger partial charge in [0.25, 0.3) is 0 Å². The number of carbonyl (C=O) groups excluding carboxylic acids is 1. The Balaban J connectivity index is 1.31. The summed E-state index contributed by atoms with van der Waals surface area (Å²) in [5.74, 6) is 0.327. The first-order valence-electron chi connectivity index (χ1n) is 13.5. The maximum atomic E-state index is 13.9. The Morgan fingerprint density at radius 3 is 2.58 bits per heavy atom. The Bertz CT molecular complexity index is 1510. The molecule has 1 aromatic carbocycles. The van der Waals surface area contributed by atoms with Crippen LogP contribution in [-0.4, -0.2) is 73.9 Å². The molecule has 6 rings (SSSR count). The highest BCUT2D eigenvalue weighted by Gasteiger charge is 2.39. The predicted octanol–water partition coefficient (Wildman–Crippen LogP) is 4.64. The van der Waals surface area contributed by atoms with Crippen LogP contribution in [0, 0.1) is 0 Å². The molecule has 2 fully saturated rings. The fourth-order valence-corrected chi connectivity index (χ4v) is 6.63. The van der Waals surface area contributed by atoms with Crippen LogP contribution in [0.1, 0.15) is 31.2 Å². The third kappa shape index (κ3) is 5.02. The van der Waals surface area contributed by atoms with Gasteiger partial charge in [-0.3, -0.25) is 9.48 Å². The predicted molar refractivity (Wildman–Crippen MR) is 149 cm³/mol. The number of carbonyl (C=O) groups is 1. The normalized spacial score (nSPS) is 18.6. The lowest BCUT2D eigenvalue weighted by Gasteiger charge is -2.40. The number of piperazine rings is 1. The number of fused-ring (bicyclic) bond motifs is 1. The summed E-state index contributed by atoms with van der Waals surface area (Å²) in [6.45, 7) is 5.20. The molecule has 0 radical (unpaired) electrons. The molecule has 0 spiro atoms. The zero-order valence-electron chi connectivity index (χ0n) is 22.4. The molecule has 9 nitrogen and oxygen atoms in total. The second-order valence-electron chi connectivity index (χ2n) is 10.5. The second kappa shape index (κ2) is 10.4. The molecule has 40 heavy (non-hydrogen) atoms. The number of hydrogen-bond donors (Lipinski definition) is 0. The molecular formula is C27H31F3N8OS. The van der Waals surface area contributed by atoms with E-state index < -0.39 is 11.2 Å². The lowest BCUT2D eigenvalue weighted by Crippen LogP contribution is -2.54. The summed E-state index contributed by atoms with van der Waals surface area (Å²) in [7, 11) is 1.83. The average Bonchev–Trinajstić information content (AvgIpc) is 3.68. The number of thiazole rings is 1. The van der Waals surface area contributed by atoms with Gasteiger partial charge in [0.2, 0.25) is 10.9 Å². The second-order valence-corrected chi connectivity index (χ2v) is 11.4. The van der Waals surface area contributed by atoms with E-state index in [4.69, 9.17) is 4.98 Å². The van der Waals surface area contributed by atoms with Gasteiger partial charge in [-0.05, 0) is 50.5 Å². The lowest BCUT2D eigenvalue weighted by molar-refractivity contribution is -0.137. The molecule has 13 heteroatoms. The van der Waals surface area contributed by atoms with Gasteiger partial charge in [0.05, 0.1) is 11.0 Å². The Kier molecular flexibility index (Phi) is 6.93. The maximum absolute atomic E-state index is 13.9. The van der Waals surface area contributed by atoms with Gasteiger partial charge in [0, 0.05) is 63.9 Å². The van der Waals surface area contributed by atoms with Crippen molar-refractivity contribution >= 4 is 39.0 Å². The Hall–Kier alpha value is -3.61. The van der Waals surface area contributed by atoms with Gasteiger partial charge in [0.15, 0.2) is 5.82 Å². The molecule has 3 aromatic heterocycles. The quantitative estimate of drug-likeness (QED) is 0.347. The van der Waals surface area contributed by atoms with Gasteiger partial charge in [-0.15, -0.1) is 0 Å². The van der Waals surface area contributed by atoms with E-state index in [2.05, 4.69) is 21.0 Å². The van der Waals surface area contributed by atoms with Gasteiger partial charge in [-0.1, -0.05) is 11.3 Å². The van der Waals surface area contributed by atoms with Crippen molar-refractivity contribution in [1.29, 1.82) is 0 Å². The molecule has 0 saturated carbocycles. The average molecular weight is 573 g/mol. The van der Waals surface area contributed by atoms with Crippen LogP contribution in [0.3, 0.4) is 0 Å². The van der Waals surface area contributed by atoms with E-state index in [1.54, 1.807) is 28.0 Å². The minimum absolute atomic E-state index is 0.0729. The number of nitrogens with zero attached hydrogens (tertiary/aromatic N) is 8. The number of rotatable bonds is 5. The minimum Gasteiger partial charge on any atom is -0.371 e.